The van der Waals surface area contributed by atoms with Crippen molar-refractivity contribution in [3.63, 3.8) is 0 Å². The van der Waals surface area contributed by atoms with E-state index in [9.17, 15) is 14.7 Å². The Bertz CT molecular complexity index is 881. The number of nitrogens with one attached hydrogen (secondary N) is 1. The maximum absolute atomic E-state index is 11.9. The lowest BCUT2D eigenvalue weighted by Gasteiger charge is -2.15. The van der Waals surface area contributed by atoms with Crippen molar-refractivity contribution in [1.29, 1.82) is 0 Å². The van der Waals surface area contributed by atoms with E-state index in [-0.39, 0.29) is 18.1 Å². The molecule has 7 heteroatoms. The van der Waals surface area contributed by atoms with Gasteiger partial charge in [0.15, 0.2) is 11.5 Å². The molecule has 3 rings (SSSR count). The Kier molecular flexibility index (Phi) is 2.83. The fourth-order valence-corrected chi connectivity index (χ4v) is 2.32. The summed E-state index contributed by atoms with van der Waals surface area (Å²) < 4.78 is 1.74. The summed E-state index contributed by atoms with van der Waals surface area (Å²) in [6.07, 6.45) is 0. The van der Waals surface area contributed by atoms with Gasteiger partial charge >= 0.3 is 5.69 Å². The van der Waals surface area contributed by atoms with E-state index in [4.69, 9.17) is 0 Å². The number of para-hydroxylation sites is 1. The van der Waals surface area contributed by atoms with Gasteiger partial charge in [0.2, 0.25) is 0 Å². The minimum Gasteiger partial charge on any atom is -0.392 e. The number of aliphatic hydroxyl groups excluding tert-OH is 1. The summed E-state index contributed by atoms with van der Waals surface area (Å²) in [5, 5.41) is 9.38. The summed E-state index contributed by atoms with van der Waals surface area (Å²) >= 11 is 0. The zero-order chi connectivity index (χ0) is 14.3. The van der Waals surface area contributed by atoms with Crippen LogP contribution in [0.3, 0.4) is 0 Å². The van der Waals surface area contributed by atoms with Crippen molar-refractivity contribution in [3.05, 3.63) is 44.6 Å². The topological polar surface area (TPSA) is 101 Å². The number of hydrogen-bond acceptors (Lipinski definition) is 5. The summed E-state index contributed by atoms with van der Waals surface area (Å²) in [5.74, 6) is 0.254. The number of hydrogen-bond donors (Lipinski definition) is 2. The Balaban J connectivity index is 2.60. The molecule has 2 aliphatic rings. The highest BCUT2D eigenvalue weighted by molar-refractivity contribution is 5.82. The van der Waals surface area contributed by atoms with Gasteiger partial charge in [-0.25, -0.2) is 9.78 Å². The van der Waals surface area contributed by atoms with Crippen molar-refractivity contribution >= 4 is 11.0 Å². The van der Waals surface area contributed by atoms with Crippen LogP contribution in [-0.4, -0.2) is 24.6 Å². The van der Waals surface area contributed by atoms with Crippen LogP contribution in [0, 0.1) is 0 Å². The van der Waals surface area contributed by atoms with Crippen LogP contribution in [0.1, 0.15) is 12.5 Å². The van der Waals surface area contributed by atoms with E-state index in [0.717, 1.165) is 5.52 Å². The number of fused-ring (bicyclic) bond motifs is 2. The lowest BCUT2D eigenvalue weighted by molar-refractivity contribution is 0.283. The molecule has 0 atom stereocenters. The van der Waals surface area contributed by atoms with Crippen molar-refractivity contribution in [3.8, 4) is 11.5 Å². The molecule has 0 saturated heterocycles. The predicted octanol–water partition coefficient (Wildman–Crippen LogP) is 0.0968. The minimum atomic E-state index is -0.691. The van der Waals surface area contributed by atoms with E-state index in [1.165, 1.54) is 0 Å². The smallest absolute Gasteiger partial charge is 0.349 e. The van der Waals surface area contributed by atoms with Gasteiger partial charge in [-0.15, -0.1) is 0 Å². The Hall–Kier alpha value is -2.54. The molecule has 0 bridgehead atoms. The van der Waals surface area contributed by atoms with Gasteiger partial charge in [-0.2, -0.15) is 4.98 Å². The average molecular weight is 272 g/mol. The zero-order valence-electron chi connectivity index (χ0n) is 10.8. The third-order valence-electron chi connectivity index (χ3n) is 3.21. The van der Waals surface area contributed by atoms with E-state index in [1.807, 2.05) is 13.0 Å². The summed E-state index contributed by atoms with van der Waals surface area (Å²) in [7, 11) is 0. The molecular weight excluding hydrogens is 260 g/mol. The molecule has 2 N–H and O–H groups in total. The van der Waals surface area contributed by atoms with Crippen LogP contribution in [-0.2, 0) is 13.2 Å². The SMILES string of the molecule is CCn1c2nc(=O)[nH]c(=O)c-2nc2c(CO)cccc21. The van der Waals surface area contributed by atoms with Gasteiger partial charge in [0.1, 0.15) is 0 Å². The molecular formula is C13H12N4O3. The summed E-state index contributed by atoms with van der Waals surface area (Å²) in [6.45, 7) is 2.24. The van der Waals surface area contributed by atoms with Gasteiger partial charge in [0.05, 0.1) is 17.6 Å². The monoisotopic (exact) mass is 272 g/mol. The van der Waals surface area contributed by atoms with Gasteiger partial charge in [-0.1, -0.05) is 12.1 Å². The second-order valence-electron chi connectivity index (χ2n) is 4.34. The van der Waals surface area contributed by atoms with Crippen LogP contribution in [0.25, 0.3) is 22.6 Å². The summed E-state index contributed by atoms with van der Waals surface area (Å²) in [4.78, 5) is 33.5. The van der Waals surface area contributed by atoms with Crippen LogP contribution in [0.2, 0.25) is 0 Å². The van der Waals surface area contributed by atoms with E-state index >= 15 is 0 Å². The molecule has 0 aliphatic carbocycles. The molecule has 7 nitrogen and oxygen atoms in total. The average Bonchev–Trinajstić information content (AvgIpc) is 2.44. The van der Waals surface area contributed by atoms with Gasteiger partial charge in [0, 0.05) is 12.1 Å². The maximum atomic E-state index is 11.9. The van der Waals surface area contributed by atoms with Gasteiger partial charge < -0.3 is 9.67 Å². The minimum absolute atomic E-state index is 0.0971. The third-order valence-corrected chi connectivity index (χ3v) is 3.21. The van der Waals surface area contributed by atoms with Crippen molar-refractivity contribution in [2.75, 3.05) is 0 Å². The van der Waals surface area contributed by atoms with Crippen molar-refractivity contribution in [2.45, 2.75) is 20.1 Å². The number of aryl methyl sites for hydroxylation is 1. The van der Waals surface area contributed by atoms with Crippen LogP contribution in [0.4, 0.5) is 0 Å². The van der Waals surface area contributed by atoms with Crippen LogP contribution in [0.5, 0.6) is 0 Å². The molecule has 0 fully saturated rings. The number of nitrogens with zero attached hydrogens (tertiary/aromatic N) is 3. The van der Waals surface area contributed by atoms with Crippen molar-refractivity contribution in [2.24, 2.45) is 0 Å². The third kappa shape index (κ3) is 1.71. The summed E-state index contributed by atoms with van der Waals surface area (Å²) in [6, 6.07) is 5.35. The van der Waals surface area contributed by atoms with Gasteiger partial charge in [-0.05, 0) is 13.0 Å². The number of aliphatic hydroxyl groups is 1. The highest BCUT2D eigenvalue weighted by atomic mass is 16.3. The molecule has 0 radical (unpaired) electrons. The van der Waals surface area contributed by atoms with E-state index < -0.39 is 11.2 Å². The largest absolute Gasteiger partial charge is 0.392 e. The first-order chi connectivity index (χ1) is 9.65. The molecule has 20 heavy (non-hydrogen) atoms. The molecule has 0 aromatic heterocycles. The van der Waals surface area contributed by atoms with Crippen LogP contribution >= 0.6 is 0 Å². The highest BCUT2D eigenvalue weighted by Crippen LogP contribution is 2.23. The molecule has 0 saturated carbocycles. The second kappa shape index (κ2) is 4.53. The lowest BCUT2D eigenvalue weighted by atomic mass is 10.1. The molecule has 0 amide bonds. The highest BCUT2D eigenvalue weighted by Gasteiger charge is 2.18. The van der Waals surface area contributed by atoms with Crippen molar-refractivity contribution < 1.29 is 5.11 Å². The van der Waals surface area contributed by atoms with Crippen LogP contribution in [0.15, 0.2) is 27.8 Å². The predicted molar refractivity (Wildman–Crippen MR) is 72.6 cm³/mol. The number of benzene rings is 1. The fraction of sp³-hybridized carbons (Fsp3) is 0.231. The number of aromatic amines is 1. The Morgan fingerprint density at radius 1 is 1.30 bits per heavy atom. The first-order valence-corrected chi connectivity index (χ1v) is 6.19. The standard InChI is InChI=1S/C13H12N4O3/c1-2-17-8-5-3-4-7(6-18)9(8)14-10-11(17)15-13(20)16-12(10)19/h3-5,18H,2,6H2,1H3,(H,16,19,20). The van der Waals surface area contributed by atoms with Crippen molar-refractivity contribution in [1.82, 2.24) is 19.5 Å². The number of aromatic nitrogens is 4. The molecule has 2 heterocycles. The zero-order valence-corrected chi connectivity index (χ0v) is 10.8. The first kappa shape index (κ1) is 12.5. The van der Waals surface area contributed by atoms with E-state index in [0.29, 0.717) is 17.6 Å². The Labute approximate surface area is 112 Å². The second-order valence-corrected chi connectivity index (χ2v) is 4.34. The number of H-pyrrole nitrogens is 1. The maximum Gasteiger partial charge on any atom is 0.349 e. The molecule has 1 aromatic carbocycles. The van der Waals surface area contributed by atoms with Crippen LogP contribution < -0.4 is 11.2 Å². The molecule has 102 valence electrons. The molecule has 1 aromatic rings. The quantitative estimate of drug-likeness (QED) is 0.644. The molecule has 0 spiro atoms. The Morgan fingerprint density at radius 3 is 2.80 bits per heavy atom. The van der Waals surface area contributed by atoms with Gasteiger partial charge in [-0.3, -0.25) is 9.78 Å². The van der Waals surface area contributed by atoms with Gasteiger partial charge in [0.25, 0.3) is 5.56 Å². The molecule has 0 unspecified atom stereocenters. The summed E-state index contributed by atoms with van der Waals surface area (Å²) in [5.41, 5.74) is 0.720. The number of rotatable bonds is 2. The lowest BCUT2D eigenvalue weighted by Crippen LogP contribution is -2.28. The Morgan fingerprint density at radius 2 is 2.10 bits per heavy atom. The van der Waals surface area contributed by atoms with E-state index in [1.54, 1.807) is 16.7 Å². The van der Waals surface area contributed by atoms with E-state index in [2.05, 4.69) is 15.0 Å². The first-order valence-electron chi connectivity index (χ1n) is 6.19. The normalized spacial score (nSPS) is 11.3. The fourth-order valence-electron chi connectivity index (χ4n) is 2.32. The molecule has 2 aliphatic heterocycles.